The van der Waals surface area contributed by atoms with Gasteiger partial charge in [0, 0.05) is 18.8 Å². The number of thioether (sulfide) groups is 1. The van der Waals surface area contributed by atoms with Crippen LogP contribution in [-0.2, 0) is 10.0 Å². The summed E-state index contributed by atoms with van der Waals surface area (Å²) in [6.45, 7) is 5.22. The molecule has 0 atom stereocenters. The third-order valence-electron chi connectivity index (χ3n) is 4.30. The molecule has 1 amide bonds. The van der Waals surface area contributed by atoms with E-state index in [0.717, 1.165) is 29.4 Å². The summed E-state index contributed by atoms with van der Waals surface area (Å²) in [4.78, 5) is 12.8. The first-order chi connectivity index (χ1) is 13.8. The Morgan fingerprint density at radius 2 is 2.00 bits per heavy atom. The molecule has 0 saturated carbocycles. The van der Waals surface area contributed by atoms with Crippen LogP contribution >= 0.6 is 34.7 Å². The maximum atomic E-state index is 12.9. The number of nitrogens with zero attached hydrogens (tertiary/aromatic N) is 3. The summed E-state index contributed by atoms with van der Waals surface area (Å²) >= 11 is 9.03. The SMILES string of the molecule is CC(C)CSc1nnc(NC(=O)c2cc(S(=O)(=O)N3CCCCC3)ccc2Cl)s1. The van der Waals surface area contributed by atoms with Crippen molar-refractivity contribution >= 4 is 55.8 Å². The molecule has 29 heavy (non-hydrogen) atoms. The molecule has 11 heteroatoms. The second-order valence-corrected chi connectivity index (χ2v) is 11.7. The van der Waals surface area contributed by atoms with Crippen molar-refractivity contribution in [1.82, 2.24) is 14.5 Å². The standard InChI is InChI=1S/C18H23ClN4O3S3/c1-12(2)11-27-18-22-21-17(28-18)20-16(24)14-10-13(6-7-15(14)19)29(25,26)23-8-4-3-5-9-23/h6-7,10,12H,3-5,8-9,11H2,1-2H3,(H,20,21,24). The molecule has 1 fully saturated rings. The smallest absolute Gasteiger partial charge is 0.259 e. The molecule has 1 aromatic heterocycles. The van der Waals surface area contributed by atoms with Gasteiger partial charge in [0.15, 0.2) is 4.34 Å². The number of hydrogen-bond donors (Lipinski definition) is 1. The van der Waals surface area contributed by atoms with Gasteiger partial charge >= 0.3 is 0 Å². The lowest BCUT2D eigenvalue weighted by atomic mass is 10.2. The van der Waals surface area contributed by atoms with Crippen LogP contribution in [0.2, 0.25) is 5.02 Å². The highest BCUT2D eigenvalue weighted by molar-refractivity contribution is 8.01. The monoisotopic (exact) mass is 474 g/mol. The number of halogens is 1. The van der Waals surface area contributed by atoms with Gasteiger partial charge in [0.25, 0.3) is 5.91 Å². The van der Waals surface area contributed by atoms with Gasteiger partial charge in [-0.3, -0.25) is 10.1 Å². The number of carbonyl (C=O) groups is 1. The summed E-state index contributed by atoms with van der Waals surface area (Å²) in [5.74, 6) is 0.915. The number of amides is 1. The molecule has 0 radical (unpaired) electrons. The van der Waals surface area contributed by atoms with Gasteiger partial charge in [-0.25, -0.2) is 8.42 Å². The summed E-state index contributed by atoms with van der Waals surface area (Å²) in [6, 6.07) is 4.21. The number of carbonyl (C=O) groups excluding carboxylic acids is 1. The van der Waals surface area contributed by atoms with E-state index in [1.807, 2.05) is 0 Å². The summed E-state index contributed by atoms with van der Waals surface area (Å²) in [5, 5.41) is 11.2. The van der Waals surface area contributed by atoms with Crippen molar-refractivity contribution in [3.05, 3.63) is 28.8 Å². The van der Waals surface area contributed by atoms with Gasteiger partial charge < -0.3 is 0 Å². The summed E-state index contributed by atoms with van der Waals surface area (Å²) in [6.07, 6.45) is 2.71. The molecule has 158 valence electrons. The van der Waals surface area contributed by atoms with E-state index >= 15 is 0 Å². The van der Waals surface area contributed by atoms with E-state index in [0.29, 0.717) is 24.1 Å². The maximum Gasteiger partial charge on any atom is 0.259 e. The summed E-state index contributed by atoms with van der Waals surface area (Å²) in [7, 11) is -3.65. The molecule has 1 N–H and O–H groups in total. The van der Waals surface area contributed by atoms with Crippen molar-refractivity contribution in [3.63, 3.8) is 0 Å². The van der Waals surface area contributed by atoms with E-state index in [4.69, 9.17) is 11.6 Å². The molecular formula is C18H23ClN4O3S3. The summed E-state index contributed by atoms with van der Waals surface area (Å²) < 4.78 is 28.0. The van der Waals surface area contributed by atoms with E-state index in [2.05, 4.69) is 29.4 Å². The first-order valence-corrected chi connectivity index (χ1v) is 13.0. The molecule has 0 aliphatic carbocycles. The molecule has 0 bridgehead atoms. The molecule has 1 aliphatic heterocycles. The van der Waals surface area contributed by atoms with Crippen LogP contribution in [0.15, 0.2) is 27.4 Å². The minimum atomic E-state index is -3.65. The number of anilines is 1. The van der Waals surface area contributed by atoms with Gasteiger partial charge in [0.2, 0.25) is 15.2 Å². The Hall–Kier alpha value is -1.20. The Bertz CT molecular complexity index is 972. The van der Waals surface area contributed by atoms with Gasteiger partial charge in [0.05, 0.1) is 15.5 Å². The molecule has 0 unspecified atom stereocenters. The fourth-order valence-electron chi connectivity index (χ4n) is 2.81. The normalized spacial score (nSPS) is 15.6. The third kappa shape index (κ3) is 5.69. The molecule has 2 aromatic rings. The highest BCUT2D eigenvalue weighted by Crippen LogP contribution is 2.29. The fourth-order valence-corrected chi connectivity index (χ4v) is 6.28. The van der Waals surface area contributed by atoms with Crippen LogP contribution in [0.3, 0.4) is 0 Å². The maximum absolute atomic E-state index is 12.9. The van der Waals surface area contributed by atoms with Crippen LogP contribution in [0.25, 0.3) is 0 Å². The first kappa shape index (κ1) is 22.5. The zero-order valence-electron chi connectivity index (χ0n) is 16.2. The number of hydrogen-bond acceptors (Lipinski definition) is 7. The number of rotatable bonds is 7. The van der Waals surface area contributed by atoms with Crippen LogP contribution in [-0.4, -0.2) is 47.7 Å². The Labute approximate surface area is 184 Å². The third-order valence-corrected chi connectivity index (χ3v) is 8.93. The molecule has 0 spiro atoms. The van der Waals surface area contributed by atoms with E-state index in [1.165, 1.54) is 33.8 Å². The van der Waals surface area contributed by atoms with E-state index in [9.17, 15) is 13.2 Å². The number of piperidine rings is 1. The van der Waals surface area contributed by atoms with E-state index in [1.54, 1.807) is 11.8 Å². The van der Waals surface area contributed by atoms with Crippen LogP contribution in [0.4, 0.5) is 5.13 Å². The zero-order chi connectivity index (χ0) is 21.0. The largest absolute Gasteiger partial charge is 0.296 e. The van der Waals surface area contributed by atoms with Gasteiger partial charge in [0.1, 0.15) is 0 Å². The van der Waals surface area contributed by atoms with Gasteiger partial charge in [-0.2, -0.15) is 4.31 Å². The molecule has 2 heterocycles. The van der Waals surface area contributed by atoms with Crippen molar-refractivity contribution in [2.45, 2.75) is 42.3 Å². The van der Waals surface area contributed by atoms with Crippen molar-refractivity contribution < 1.29 is 13.2 Å². The number of sulfonamides is 1. The van der Waals surface area contributed by atoms with Gasteiger partial charge in [-0.1, -0.05) is 55.0 Å². The predicted molar refractivity (Wildman–Crippen MR) is 117 cm³/mol. The second-order valence-electron chi connectivity index (χ2n) is 7.14. The molecular weight excluding hydrogens is 452 g/mol. The van der Waals surface area contributed by atoms with Crippen LogP contribution in [0, 0.1) is 5.92 Å². The van der Waals surface area contributed by atoms with Crippen molar-refractivity contribution in [2.75, 3.05) is 24.2 Å². The molecule has 1 aliphatic rings. The quantitative estimate of drug-likeness (QED) is 0.473. The van der Waals surface area contributed by atoms with E-state index in [-0.39, 0.29) is 15.5 Å². The number of nitrogens with one attached hydrogen (secondary N) is 1. The lowest BCUT2D eigenvalue weighted by Crippen LogP contribution is -2.35. The Balaban J connectivity index is 1.76. The number of aromatic nitrogens is 2. The average Bonchev–Trinajstić information content (AvgIpc) is 3.14. The predicted octanol–water partition coefficient (Wildman–Crippen LogP) is 4.37. The lowest BCUT2D eigenvalue weighted by Gasteiger charge is -2.26. The molecule has 3 rings (SSSR count). The summed E-state index contributed by atoms with van der Waals surface area (Å²) in [5.41, 5.74) is 0.0938. The highest BCUT2D eigenvalue weighted by atomic mass is 35.5. The van der Waals surface area contributed by atoms with Crippen molar-refractivity contribution in [2.24, 2.45) is 5.92 Å². The van der Waals surface area contributed by atoms with Crippen LogP contribution in [0.1, 0.15) is 43.5 Å². The van der Waals surface area contributed by atoms with Gasteiger partial charge in [-0.15, -0.1) is 10.2 Å². The molecule has 1 aromatic carbocycles. The minimum absolute atomic E-state index is 0.0689. The zero-order valence-corrected chi connectivity index (χ0v) is 19.4. The Morgan fingerprint density at radius 3 is 2.69 bits per heavy atom. The Morgan fingerprint density at radius 1 is 1.28 bits per heavy atom. The van der Waals surface area contributed by atoms with Gasteiger partial charge in [-0.05, 0) is 37.0 Å². The fraction of sp³-hybridized carbons (Fsp3) is 0.500. The van der Waals surface area contributed by atoms with Crippen LogP contribution < -0.4 is 5.32 Å². The number of benzene rings is 1. The second kappa shape index (κ2) is 9.74. The van der Waals surface area contributed by atoms with Crippen molar-refractivity contribution in [1.29, 1.82) is 0 Å². The Kier molecular flexibility index (Phi) is 7.55. The first-order valence-electron chi connectivity index (χ1n) is 9.34. The van der Waals surface area contributed by atoms with Crippen LogP contribution in [0.5, 0.6) is 0 Å². The molecule has 1 saturated heterocycles. The van der Waals surface area contributed by atoms with E-state index < -0.39 is 15.9 Å². The molecule has 7 nitrogen and oxygen atoms in total. The minimum Gasteiger partial charge on any atom is -0.296 e. The highest BCUT2D eigenvalue weighted by Gasteiger charge is 2.27. The topological polar surface area (TPSA) is 92.3 Å². The average molecular weight is 475 g/mol. The lowest BCUT2D eigenvalue weighted by molar-refractivity contribution is 0.102. The van der Waals surface area contributed by atoms with Crippen molar-refractivity contribution in [3.8, 4) is 0 Å².